The van der Waals surface area contributed by atoms with Gasteiger partial charge in [-0.25, -0.2) is 4.79 Å². The van der Waals surface area contributed by atoms with Crippen molar-refractivity contribution in [1.82, 2.24) is 4.90 Å². The lowest BCUT2D eigenvalue weighted by Crippen LogP contribution is -2.63. The monoisotopic (exact) mass is 547 g/mol. The minimum absolute atomic E-state index is 0.171. The van der Waals surface area contributed by atoms with E-state index in [2.05, 4.69) is 0 Å². The maximum absolute atomic E-state index is 13.3. The van der Waals surface area contributed by atoms with Gasteiger partial charge < -0.3 is 37.9 Å². The summed E-state index contributed by atoms with van der Waals surface area (Å²) in [5, 5.41) is 0. The molecule has 5 atom stereocenters. The molecule has 0 unspecified atom stereocenters. The molecular formula is C29H41NO9. The van der Waals surface area contributed by atoms with Gasteiger partial charge in [-0.2, -0.15) is 0 Å². The molecule has 10 heteroatoms. The zero-order valence-corrected chi connectivity index (χ0v) is 24.1. The van der Waals surface area contributed by atoms with Crippen LogP contribution >= 0.6 is 0 Å². The molecule has 4 aliphatic rings. The number of ether oxygens (including phenoxy) is 8. The fraction of sp³-hybridized carbons (Fsp3) is 0.690. The summed E-state index contributed by atoms with van der Waals surface area (Å²) in [6.07, 6.45) is 0.498. The van der Waals surface area contributed by atoms with Gasteiger partial charge in [-0.05, 0) is 72.2 Å². The van der Waals surface area contributed by atoms with Gasteiger partial charge in [-0.15, -0.1) is 0 Å². The van der Waals surface area contributed by atoms with Crippen LogP contribution in [0.25, 0.3) is 0 Å². The first-order valence-corrected chi connectivity index (χ1v) is 13.5. The summed E-state index contributed by atoms with van der Waals surface area (Å²) in [5.74, 6) is -1.49. The first-order chi connectivity index (χ1) is 18.2. The van der Waals surface area contributed by atoms with Crippen LogP contribution in [0.1, 0.15) is 54.0 Å². The van der Waals surface area contributed by atoms with Crippen molar-refractivity contribution in [3.63, 3.8) is 0 Å². The maximum Gasteiger partial charge on any atom is 0.411 e. The van der Waals surface area contributed by atoms with Crippen LogP contribution in [0.5, 0.6) is 5.75 Å². The summed E-state index contributed by atoms with van der Waals surface area (Å²) in [4.78, 5) is 15.0. The van der Waals surface area contributed by atoms with Crippen LogP contribution in [0.15, 0.2) is 36.1 Å². The van der Waals surface area contributed by atoms with Crippen LogP contribution in [0, 0.1) is 0 Å². The van der Waals surface area contributed by atoms with E-state index in [4.69, 9.17) is 37.9 Å². The van der Waals surface area contributed by atoms with Gasteiger partial charge in [0.05, 0.1) is 19.8 Å². The van der Waals surface area contributed by atoms with Gasteiger partial charge in [0.2, 0.25) is 5.79 Å². The van der Waals surface area contributed by atoms with Crippen molar-refractivity contribution in [1.29, 1.82) is 0 Å². The third-order valence-corrected chi connectivity index (χ3v) is 7.16. The highest BCUT2D eigenvalue weighted by molar-refractivity contribution is 5.70. The second-order valence-corrected chi connectivity index (χ2v) is 12.4. The highest BCUT2D eigenvalue weighted by Crippen LogP contribution is 2.46. The maximum atomic E-state index is 13.3. The number of hydrogen-bond acceptors (Lipinski definition) is 9. The number of benzene rings is 1. The number of methoxy groups -OCH3 is 1. The minimum Gasteiger partial charge on any atom is -0.497 e. The molecule has 3 saturated heterocycles. The Morgan fingerprint density at radius 3 is 2.38 bits per heavy atom. The molecule has 4 aliphatic heterocycles. The molecule has 1 spiro atoms. The summed E-state index contributed by atoms with van der Waals surface area (Å²) >= 11 is 0. The van der Waals surface area contributed by atoms with E-state index in [1.165, 1.54) is 0 Å². The predicted octanol–water partition coefficient (Wildman–Crippen LogP) is 4.16. The zero-order valence-electron chi connectivity index (χ0n) is 24.1. The number of carbonyl (C=O) groups excluding carboxylic acids is 1. The van der Waals surface area contributed by atoms with Gasteiger partial charge in [0.1, 0.15) is 35.9 Å². The lowest BCUT2D eigenvalue weighted by molar-refractivity contribution is -0.329. The number of fused-ring (bicyclic) bond motifs is 1. The first kappa shape index (κ1) is 28.2. The SMILES string of the molecule is COc1ccc(C[C@@H]2C(O[C@H]3[C@@H]4OC(C)(C)O[C@@H]4CO[C@]34COC(C)(C)O4)=CCN2C(=O)OC(C)(C)C)cc1. The molecule has 0 N–H and O–H groups in total. The van der Waals surface area contributed by atoms with Crippen LogP contribution in [0.3, 0.4) is 0 Å². The minimum atomic E-state index is -1.20. The van der Waals surface area contributed by atoms with E-state index in [1.807, 2.05) is 78.8 Å². The first-order valence-electron chi connectivity index (χ1n) is 13.5. The van der Waals surface area contributed by atoms with Crippen molar-refractivity contribution in [2.45, 2.75) is 102 Å². The Morgan fingerprint density at radius 1 is 1.05 bits per heavy atom. The zero-order chi connectivity index (χ0) is 28.2. The van der Waals surface area contributed by atoms with Crippen molar-refractivity contribution in [3.05, 3.63) is 41.7 Å². The van der Waals surface area contributed by atoms with Gasteiger partial charge in [0, 0.05) is 13.0 Å². The molecule has 216 valence electrons. The molecule has 5 rings (SSSR count). The van der Waals surface area contributed by atoms with Gasteiger partial charge in [-0.1, -0.05) is 12.1 Å². The molecule has 1 aromatic rings. The molecule has 10 nitrogen and oxygen atoms in total. The van der Waals surface area contributed by atoms with Crippen LogP contribution in [-0.4, -0.2) is 85.2 Å². The average molecular weight is 548 g/mol. The van der Waals surface area contributed by atoms with Crippen LogP contribution in [0.4, 0.5) is 4.79 Å². The largest absolute Gasteiger partial charge is 0.497 e. The Kier molecular flexibility index (Phi) is 7.17. The average Bonchev–Trinajstić information content (AvgIpc) is 3.48. The number of hydrogen-bond donors (Lipinski definition) is 0. The van der Waals surface area contributed by atoms with E-state index in [0.717, 1.165) is 11.3 Å². The summed E-state index contributed by atoms with van der Waals surface area (Å²) < 4.78 is 48.9. The predicted molar refractivity (Wildman–Crippen MR) is 140 cm³/mol. The van der Waals surface area contributed by atoms with E-state index in [0.29, 0.717) is 18.7 Å². The lowest BCUT2D eigenvalue weighted by Gasteiger charge is -2.44. The highest BCUT2D eigenvalue weighted by atomic mass is 16.9. The Labute approximate surface area is 230 Å². The van der Waals surface area contributed by atoms with Crippen molar-refractivity contribution in [2.24, 2.45) is 0 Å². The normalized spacial score (nSPS) is 33.1. The van der Waals surface area contributed by atoms with E-state index < -0.39 is 47.3 Å². The molecule has 0 saturated carbocycles. The molecular weight excluding hydrogens is 506 g/mol. The molecule has 0 radical (unpaired) electrons. The fourth-order valence-electron chi connectivity index (χ4n) is 5.52. The summed E-state index contributed by atoms with van der Waals surface area (Å²) in [7, 11) is 1.63. The Morgan fingerprint density at radius 2 is 1.77 bits per heavy atom. The van der Waals surface area contributed by atoms with E-state index in [1.54, 1.807) is 12.0 Å². The molecule has 39 heavy (non-hydrogen) atoms. The Bertz CT molecular complexity index is 1090. The standard InChI is InChI=1S/C29H41NO9/c1-26(2,3)38-25(31)30-14-13-21(20(30)15-18-9-11-19(32-8)12-10-18)35-24-23-22(36-28(6,7)37-23)16-33-29(24)17-34-27(4,5)39-29/h9-13,20,22-24H,14-17H2,1-8H3/t20-,22-,23-,24+,29+/m1/s1. The fourth-order valence-corrected chi connectivity index (χ4v) is 5.52. The van der Waals surface area contributed by atoms with Crippen molar-refractivity contribution in [2.75, 3.05) is 26.9 Å². The van der Waals surface area contributed by atoms with Crippen LogP contribution < -0.4 is 4.74 Å². The molecule has 0 aromatic heterocycles. The Balaban J connectivity index is 1.45. The second-order valence-electron chi connectivity index (χ2n) is 12.4. The van der Waals surface area contributed by atoms with Gasteiger partial charge in [0.25, 0.3) is 0 Å². The number of amides is 1. The topological polar surface area (TPSA) is 94.2 Å². The third kappa shape index (κ3) is 5.90. The second kappa shape index (κ2) is 9.92. The molecule has 1 aromatic carbocycles. The molecule has 3 fully saturated rings. The number of nitrogens with zero attached hydrogens (tertiary/aromatic N) is 1. The quantitative estimate of drug-likeness (QED) is 0.539. The number of carbonyl (C=O) groups is 1. The number of rotatable bonds is 5. The summed E-state index contributed by atoms with van der Waals surface area (Å²) in [6, 6.07) is 7.35. The third-order valence-electron chi connectivity index (χ3n) is 7.16. The van der Waals surface area contributed by atoms with E-state index in [-0.39, 0.29) is 19.3 Å². The summed E-state index contributed by atoms with van der Waals surface area (Å²) in [5.41, 5.74) is 0.377. The van der Waals surface area contributed by atoms with Gasteiger partial charge >= 0.3 is 6.09 Å². The van der Waals surface area contributed by atoms with Crippen molar-refractivity contribution >= 4 is 6.09 Å². The lowest BCUT2D eigenvalue weighted by atomic mass is 9.96. The molecule has 0 aliphatic carbocycles. The van der Waals surface area contributed by atoms with Crippen molar-refractivity contribution < 1.29 is 42.7 Å². The van der Waals surface area contributed by atoms with E-state index >= 15 is 0 Å². The van der Waals surface area contributed by atoms with Gasteiger partial charge in [-0.3, -0.25) is 4.90 Å². The summed E-state index contributed by atoms with van der Waals surface area (Å²) in [6.45, 7) is 13.8. The Hall–Kier alpha value is -2.37. The highest BCUT2D eigenvalue weighted by Gasteiger charge is 2.64. The molecule has 1 amide bonds. The van der Waals surface area contributed by atoms with E-state index in [9.17, 15) is 4.79 Å². The molecule has 0 bridgehead atoms. The van der Waals surface area contributed by atoms with Crippen LogP contribution in [0.2, 0.25) is 0 Å². The van der Waals surface area contributed by atoms with Crippen LogP contribution in [-0.2, 0) is 39.6 Å². The molecule has 4 heterocycles. The smallest absolute Gasteiger partial charge is 0.411 e. The van der Waals surface area contributed by atoms with Gasteiger partial charge in [0.15, 0.2) is 17.7 Å². The van der Waals surface area contributed by atoms with Crippen molar-refractivity contribution in [3.8, 4) is 5.75 Å².